The Morgan fingerprint density at radius 2 is 2.17 bits per heavy atom. The molecule has 0 bridgehead atoms. The maximum Gasteiger partial charge on any atom is 0.275 e. The Bertz CT molecular complexity index is 815. The van der Waals surface area contributed by atoms with E-state index in [0.717, 1.165) is 0 Å². The first kappa shape index (κ1) is 20.8. The van der Waals surface area contributed by atoms with Crippen molar-refractivity contribution < 1.29 is 24.2 Å². The van der Waals surface area contributed by atoms with Gasteiger partial charge in [0.15, 0.2) is 0 Å². The highest BCUT2D eigenvalue weighted by atomic mass is 16.5. The number of benzene rings is 1. The van der Waals surface area contributed by atoms with E-state index >= 15 is 0 Å². The maximum atomic E-state index is 12.2. The molecule has 1 aromatic heterocycles. The first-order valence-corrected chi connectivity index (χ1v) is 9.40. The highest BCUT2D eigenvalue weighted by Gasteiger charge is 2.34. The van der Waals surface area contributed by atoms with Crippen LogP contribution in [0.25, 0.3) is 0 Å². The van der Waals surface area contributed by atoms with E-state index in [0.29, 0.717) is 31.0 Å². The Labute approximate surface area is 168 Å². The van der Waals surface area contributed by atoms with Gasteiger partial charge in [0.25, 0.3) is 5.91 Å². The highest BCUT2D eigenvalue weighted by Crippen LogP contribution is 2.25. The first-order valence-electron chi connectivity index (χ1n) is 9.40. The van der Waals surface area contributed by atoms with Crippen LogP contribution in [0.15, 0.2) is 42.9 Å². The summed E-state index contributed by atoms with van der Waals surface area (Å²) in [6.45, 7) is 3.49. The van der Waals surface area contributed by atoms with Gasteiger partial charge >= 0.3 is 0 Å². The molecule has 0 saturated carbocycles. The highest BCUT2D eigenvalue weighted by molar-refractivity contribution is 6.02. The fraction of sp³-hybridized carbons (Fsp3) is 0.400. The largest absolute Gasteiger partial charge is 0.386 e. The van der Waals surface area contributed by atoms with E-state index in [1.807, 2.05) is 6.92 Å². The van der Waals surface area contributed by atoms with Gasteiger partial charge < -0.3 is 24.8 Å². The molecule has 9 heteroatoms. The first-order chi connectivity index (χ1) is 14.1. The summed E-state index contributed by atoms with van der Waals surface area (Å²) in [5.41, 5.74) is 1.38. The number of hydrogen-bond acceptors (Lipinski definition) is 7. The quantitative estimate of drug-likeness (QED) is 0.636. The van der Waals surface area contributed by atoms with Crippen molar-refractivity contribution in [2.45, 2.75) is 19.1 Å². The fourth-order valence-corrected chi connectivity index (χ4v) is 3.08. The average molecular weight is 400 g/mol. The topological polar surface area (TPSA) is 114 Å². The van der Waals surface area contributed by atoms with Gasteiger partial charge in [-0.05, 0) is 24.6 Å². The molecule has 2 amide bonds. The molecule has 1 aliphatic heterocycles. The molecule has 1 fully saturated rings. The van der Waals surface area contributed by atoms with Gasteiger partial charge in [-0.1, -0.05) is 12.1 Å². The lowest BCUT2D eigenvalue weighted by atomic mass is 10.00. The Balaban J connectivity index is 1.66. The summed E-state index contributed by atoms with van der Waals surface area (Å²) in [7, 11) is 0. The fourth-order valence-electron chi connectivity index (χ4n) is 3.08. The Hall–Kier alpha value is -2.88. The number of hydrogen-bond donors (Lipinski definition) is 2. The van der Waals surface area contributed by atoms with Crippen LogP contribution in [0.3, 0.4) is 0 Å². The van der Waals surface area contributed by atoms with Crippen molar-refractivity contribution in [2.24, 2.45) is 0 Å². The van der Waals surface area contributed by atoms with E-state index in [4.69, 9.17) is 9.47 Å². The number of carbonyl (C=O) groups is 2. The van der Waals surface area contributed by atoms with Gasteiger partial charge in [-0.15, -0.1) is 0 Å². The zero-order valence-corrected chi connectivity index (χ0v) is 16.2. The lowest BCUT2D eigenvalue weighted by molar-refractivity contribution is -0.155. The standard InChI is InChI=1S/C20H24N4O5/c1-2-28-10-9-24-17(12-29-13-18(24)25)19(26)14-3-5-15(6-4-14)23-20(27)16-11-21-7-8-22-16/h3-8,11,17,19,26H,2,9-10,12-13H2,1H3,(H,23,27). The predicted molar refractivity (Wildman–Crippen MR) is 104 cm³/mol. The number of carbonyl (C=O) groups excluding carboxylic acids is 2. The van der Waals surface area contributed by atoms with Crippen molar-refractivity contribution >= 4 is 17.5 Å². The monoisotopic (exact) mass is 400 g/mol. The molecular formula is C20H24N4O5. The molecule has 1 aliphatic rings. The van der Waals surface area contributed by atoms with Gasteiger partial charge in [0.1, 0.15) is 18.4 Å². The predicted octanol–water partition coefficient (Wildman–Crippen LogP) is 1.03. The van der Waals surface area contributed by atoms with Crippen molar-refractivity contribution in [3.63, 3.8) is 0 Å². The summed E-state index contributed by atoms with van der Waals surface area (Å²) in [5, 5.41) is 13.5. The van der Waals surface area contributed by atoms with Crippen LogP contribution >= 0.6 is 0 Å². The van der Waals surface area contributed by atoms with E-state index in [1.54, 1.807) is 29.2 Å². The Morgan fingerprint density at radius 3 is 2.86 bits per heavy atom. The van der Waals surface area contributed by atoms with Crippen LogP contribution in [0.2, 0.25) is 0 Å². The van der Waals surface area contributed by atoms with E-state index in [1.165, 1.54) is 18.6 Å². The van der Waals surface area contributed by atoms with Gasteiger partial charge in [0.05, 0.1) is 25.5 Å². The lowest BCUT2D eigenvalue weighted by Crippen LogP contribution is -2.53. The summed E-state index contributed by atoms with van der Waals surface area (Å²) in [5.74, 6) is -0.548. The molecule has 1 saturated heterocycles. The normalized spacial score (nSPS) is 17.8. The summed E-state index contributed by atoms with van der Waals surface area (Å²) < 4.78 is 10.7. The van der Waals surface area contributed by atoms with Gasteiger partial charge in [0.2, 0.25) is 5.91 Å². The number of nitrogens with zero attached hydrogens (tertiary/aromatic N) is 3. The molecule has 0 aliphatic carbocycles. The van der Waals surface area contributed by atoms with Crippen LogP contribution in [0, 0.1) is 0 Å². The van der Waals surface area contributed by atoms with Crippen LogP contribution in [0.1, 0.15) is 29.1 Å². The molecule has 0 radical (unpaired) electrons. The Kier molecular flexibility index (Phi) is 7.23. The molecule has 2 unspecified atom stereocenters. The maximum absolute atomic E-state index is 12.2. The summed E-state index contributed by atoms with van der Waals surface area (Å²) >= 11 is 0. The molecule has 2 atom stereocenters. The third-order valence-electron chi connectivity index (χ3n) is 4.59. The number of anilines is 1. The van der Waals surface area contributed by atoms with Gasteiger partial charge in [0, 0.05) is 31.2 Å². The summed E-state index contributed by atoms with van der Waals surface area (Å²) in [6.07, 6.45) is 3.39. The van der Waals surface area contributed by atoms with Crippen LogP contribution in [0.5, 0.6) is 0 Å². The molecule has 2 aromatic rings. The zero-order chi connectivity index (χ0) is 20.6. The second-order valence-corrected chi connectivity index (χ2v) is 6.48. The van der Waals surface area contributed by atoms with Crippen LogP contribution in [-0.2, 0) is 14.3 Å². The van der Waals surface area contributed by atoms with Crippen molar-refractivity contribution in [2.75, 3.05) is 38.3 Å². The minimum atomic E-state index is -0.925. The number of aliphatic hydroxyl groups is 1. The number of ether oxygens (including phenoxy) is 2. The van der Waals surface area contributed by atoms with Crippen molar-refractivity contribution in [1.82, 2.24) is 14.9 Å². The molecule has 9 nitrogen and oxygen atoms in total. The van der Waals surface area contributed by atoms with Crippen LogP contribution in [-0.4, -0.2) is 70.8 Å². The second kappa shape index (κ2) is 10.1. The number of aliphatic hydroxyl groups excluding tert-OH is 1. The average Bonchev–Trinajstić information content (AvgIpc) is 2.75. The van der Waals surface area contributed by atoms with E-state index in [9.17, 15) is 14.7 Å². The van der Waals surface area contributed by atoms with Crippen LogP contribution in [0.4, 0.5) is 5.69 Å². The molecule has 2 heterocycles. The molecular weight excluding hydrogens is 376 g/mol. The van der Waals surface area contributed by atoms with E-state index in [-0.39, 0.29) is 30.7 Å². The van der Waals surface area contributed by atoms with Crippen molar-refractivity contribution in [1.29, 1.82) is 0 Å². The Morgan fingerprint density at radius 1 is 1.38 bits per heavy atom. The van der Waals surface area contributed by atoms with E-state index in [2.05, 4.69) is 15.3 Å². The number of rotatable bonds is 8. The smallest absolute Gasteiger partial charge is 0.275 e. The molecule has 0 spiro atoms. The zero-order valence-electron chi connectivity index (χ0n) is 16.2. The van der Waals surface area contributed by atoms with Gasteiger partial charge in [-0.3, -0.25) is 14.6 Å². The molecule has 1 aromatic carbocycles. The van der Waals surface area contributed by atoms with E-state index < -0.39 is 12.1 Å². The van der Waals surface area contributed by atoms with Gasteiger partial charge in [-0.25, -0.2) is 4.98 Å². The number of nitrogens with one attached hydrogen (secondary N) is 1. The molecule has 154 valence electrons. The second-order valence-electron chi connectivity index (χ2n) is 6.48. The van der Waals surface area contributed by atoms with Gasteiger partial charge in [-0.2, -0.15) is 0 Å². The number of morpholine rings is 1. The molecule has 2 N–H and O–H groups in total. The SMILES string of the molecule is CCOCCN1C(=O)COCC1C(O)c1ccc(NC(=O)c2cnccn2)cc1. The summed E-state index contributed by atoms with van der Waals surface area (Å²) in [4.78, 5) is 33.8. The van der Waals surface area contributed by atoms with Crippen molar-refractivity contribution in [3.8, 4) is 0 Å². The minimum absolute atomic E-state index is 0.00267. The third-order valence-corrected chi connectivity index (χ3v) is 4.59. The molecule has 3 rings (SSSR count). The van der Waals surface area contributed by atoms with Crippen molar-refractivity contribution in [3.05, 3.63) is 54.1 Å². The number of aromatic nitrogens is 2. The molecule has 29 heavy (non-hydrogen) atoms. The summed E-state index contributed by atoms with van der Waals surface area (Å²) in [6, 6.07) is 6.27. The third kappa shape index (κ3) is 5.35. The van der Waals surface area contributed by atoms with Crippen LogP contribution < -0.4 is 5.32 Å². The minimum Gasteiger partial charge on any atom is -0.386 e. The number of amides is 2. The lowest BCUT2D eigenvalue weighted by Gasteiger charge is -2.38.